The van der Waals surface area contributed by atoms with E-state index in [0.29, 0.717) is 17.7 Å². The first-order valence-corrected chi connectivity index (χ1v) is 6.96. The zero-order valence-corrected chi connectivity index (χ0v) is 11.6. The molecule has 0 aromatic heterocycles. The van der Waals surface area contributed by atoms with Crippen LogP contribution in [0.3, 0.4) is 0 Å². The molecule has 20 heavy (non-hydrogen) atoms. The van der Waals surface area contributed by atoms with E-state index in [1.807, 2.05) is 6.92 Å². The van der Waals surface area contributed by atoms with Crippen LogP contribution in [-0.2, 0) is 4.79 Å². The molecule has 0 bridgehead atoms. The van der Waals surface area contributed by atoms with Crippen molar-refractivity contribution >= 4 is 17.5 Å². The van der Waals surface area contributed by atoms with E-state index in [2.05, 4.69) is 10.6 Å². The molecule has 5 nitrogen and oxygen atoms in total. The molecule has 1 unspecified atom stereocenters. The number of hydrogen-bond acceptors (Lipinski definition) is 3. The minimum Gasteiger partial charge on any atom is -0.394 e. The standard InChI is InChI=1S/C15H20N2O3/c1-2-12(9-18)16-15(20)11-4-3-5-13(8-11)17-14(19)10-6-7-10/h3-5,8,10,12,18H,2,6-7,9H2,1H3,(H,16,20)(H,17,19). The second-order valence-electron chi connectivity index (χ2n) is 5.11. The van der Waals surface area contributed by atoms with Gasteiger partial charge in [0.1, 0.15) is 0 Å². The maximum atomic E-state index is 12.0. The Morgan fingerprint density at radius 3 is 2.75 bits per heavy atom. The molecule has 0 saturated heterocycles. The lowest BCUT2D eigenvalue weighted by Crippen LogP contribution is -2.36. The number of carbonyl (C=O) groups is 2. The Hall–Kier alpha value is -1.88. The van der Waals surface area contributed by atoms with Crippen LogP contribution in [0.1, 0.15) is 36.5 Å². The number of aliphatic hydroxyl groups excluding tert-OH is 1. The summed E-state index contributed by atoms with van der Waals surface area (Å²) < 4.78 is 0. The van der Waals surface area contributed by atoms with E-state index >= 15 is 0 Å². The monoisotopic (exact) mass is 276 g/mol. The molecule has 5 heteroatoms. The molecule has 1 aliphatic rings. The van der Waals surface area contributed by atoms with Crippen molar-refractivity contribution in [1.82, 2.24) is 5.32 Å². The number of amides is 2. The first kappa shape index (κ1) is 14.5. The summed E-state index contributed by atoms with van der Waals surface area (Å²) in [7, 11) is 0. The van der Waals surface area contributed by atoms with Crippen molar-refractivity contribution in [3.8, 4) is 0 Å². The number of anilines is 1. The fourth-order valence-electron chi connectivity index (χ4n) is 1.87. The Balaban J connectivity index is 2.00. The molecule has 0 aliphatic heterocycles. The van der Waals surface area contributed by atoms with Gasteiger partial charge in [-0.25, -0.2) is 0 Å². The molecule has 2 rings (SSSR count). The van der Waals surface area contributed by atoms with Crippen LogP contribution in [-0.4, -0.2) is 29.6 Å². The molecule has 0 radical (unpaired) electrons. The molecule has 1 saturated carbocycles. The highest BCUT2D eigenvalue weighted by molar-refractivity contribution is 5.98. The summed E-state index contributed by atoms with van der Waals surface area (Å²) >= 11 is 0. The predicted octanol–water partition coefficient (Wildman–Crippen LogP) is 1.54. The Kier molecular flexibility index (Phi) is 4.74. The van der Waals surface area contributed by atoms with Gasteiger partial charge in [0.25, 0.3) is 5.91 Å². The molecular formula is C15H20N2O3. The molecule has 0 spiro atoms. The van der Waals surface area contributed by atoms with E-state index < -0.39 is 0 Å². The molecule has 108 valence electrons. The summed E-state index contributed by atoms with van der Waals surface area (Å²) in [5.74, 6) is -0.0934. The SMILES string of the molecule is CCC(CO)NC(=O)c1cccc(NC(=O)C2CC2)c1. The molecule has 1 aromatic rings. The van der Waals surface area contributed by atoms with Crippen molar-refractivity contribution in [2.75, 3.05) is 11.9 Å². The van der Waals surface area contributed by atoms with Crippen molar-refractivity contribution in [3.05, 3.63) is 29.8 Å². The highest BCUT2D eigenvalue weighted by Crippen LogP contribution is 2.30. The summed E-state index contributed by atoms with van der Waals surface area (Å²) in [6.45, 7) is 1.81. The molecule has 1 atom stereocenters. The summed E-state index contributed by atoms with van der Waals surface area (Å²) in [6, 6.07) is 6.59. The van der Waals surface area contributed by atoms with Gasteiger partial charge in [-0.2, -0.15) is 0 Å². The number of benzene rings is 1. The first-order chi connectivity index (χ1) is 9.63. The lowest BCUT2D eigenvalue weighted by molar-refractivity contribution is -0.117. The summed E-state index contributed by atoms with van der Waals surface area (Å²) in [5, 5.41) is 14.7. The van der Waals surface area contributed by atoms with Gasteiger partial charge in [-0.1, -0.05) is 13.0 Å². The average Bonchev–Trinajstić information content (AvgIpc) is 3.29. The van der Waals surface area contributed by atoms with Gasteiger partial charge in [-0.3, -0.25) is 9.59 Å². The van der Waals surface area contributed by atoms with Crippen LogP contribution >= 0.6 is 0 Å². The number of nitrogens with one attached hydrogen (secondary N) is 2. The van der Waals surface area contributed by atoms with Crippen LogP contribution in [0.15, 0.2) is 24.3 Å². The highest BCUT2D eigenvalue weighted by Gasteiger charge is 2.29. The second kappa shape index (κ2) is 6.52. The third-order valence-electron chi connectivity index (χ3n) is 3.39. The van der Waals surface area contributed by atoms with Crippen LogP contribution in [0.2, 0.25) is 0 Å². The predicted molar refractivity (Wildman–Crippen MR) is 76.4 cm³/mol. The normalized spacial score (nSPS) is 15.5. The van der Waals surface area contributed by atoms with E-state index in [9.17, 15) is 9.59 Å². The van der Waals surface area contributed by atoms with Crippen LogP contribution < -0.4 is 10.6 Å². The number of aliphatic hydroxyl groups is 1. The van der Waals surface area contributed by atoms with Crippen molar-refractivity contribution < 1.29 is 14.7 Å². The Morgan fingerprint density at radius 1 is 1.40 bits per heavy atom. The zero-order chi connectivity index (χ0) is 14.5. The van der Waals surface area contributed by atoms with Gasteiger partial charge in [-0.05, 0) is 37.5 Å². The van der Waals surface area contributed by atoms with Gasteiger partial charge in [0, 0.05) is 17.2 Å². The maximum absolute atomic E-state index is 12.0. The van der Waals surface area contributed by atoms with Crippen molar-refractivity contribution in [1.29, 1.82) is 0 Å². The Bertz CT molecular complexity index is 494. The van der Waals surface area contributed by atoms with Gasteiger partial charge in [-0.15, -0.1) is 0 Å². The molecule has 1 aromatic carbocycles. The van der Waals surface area contributed by atoms with Crippen molar-refractivity contribution in [2.24, 2.45) is 5.92 Å². The smallest absolute Gasteiger partial charge is 0.251 e. The highest BCUT2D eigenvalue weighted by atomic mass is 16.3. The molecule has 0 heterocycles. The molecular weight excluding hydrogens is 256 g/mol. The fraction of sp³-hybridized carbons (Fsp3) is 0.467. The van der Waals surface area contributed by atoms with E-state index in [4.69, 9.17) is 5.11 Å². The Labute approximate surface area is 118 Å². The third kappa shape index (κ3) is 3.81. The topological polar surface area (TPSA) is 78.4 Å². The molecule has 1 fully saturated rings. The first-order valence-electron chi connectivity index (χ1n) is 6.96. The lowest BCUT2D eigenvalue weighted by Gasteiger charge is -2.14. The van der Waals surface area contributed by atoms with Gasteiger partial charge < -0.3 is 15.7 Å². The molecule has 2 amide bonds. The molecule has 1 aliphatic carbocycles. The quantitative estimate of drug-likeness (QED) is 0.737. The minimum absolute atomic E-state index is 0.0179. The van der Waals surface area contributed by atoms with Gasteiger partial charge in [0.05, 0.1) is 12.6 Å². The summed E-state index contributed by atoms with van der Waals surface area (Å²) in [6.07, 6.45) is 2.56. The third-order valence-corrected chi connectivity index (χ3v) is 3.39. The summed E-state index contributed by atoms with van der Waals surface area (Å²) in [4.78, 5) is 23.7. The van der Waals surface area contributed by atoms with E-state index in [1.165, 1.54) is 0 Å². The fourth-order valence-corrected chi connectivity index (χ4v) is 1.87. The number of hydrogen-bond donors (Lipinski definition) is 3. The second-order valence-corrected chi connectivity index (χ2v) is 5.11. The van der Waals surface area contributed by atoms with Crippen LogP contribution in [0.4, 0.5) is 5.69 Å². The zero-order valence-electron chi connectivity index (χ0n) is 11.6. The number of carbonyl (C=O) groups excluding carboxylic acids is 2. The van der Waals surface area contributed by atoms with Gasteiger partial charge in [0.15, 0.2) is 0 Å². The van der Waals surface area contributed by atoms with E-state index in [0.717, 1.165) is 12.8 Å². The van der Waals surface area contributed by atoms with Gasteiger partial charge in [0.2, 0.25) is 5.91 Å². The van der Waals surface area contributed by atoms with Crippen LogP contribution in [0.5, 0.6) is 0 Å². The van der Waals surface area contributed by atoms with E-state index in [-0.39, 0.29) is 30.4 Å². The van der Waals surface area contributed by atoms with Crippen LogP contribution in [0, 0.1) is 5.92 Å². The van der Waals surface area contributed by atoms with E-state index in [1.54, 1.807) is 24.3 Å². The van der Waals surface area contributed by atoms with Gasteiger partial charge >= 0.3 is 0 Å². The Morgan fingerprint density at radius 2 is 2.15 bits per heavy atom. The largest absolute Gasteiger partial charge is 0.394 e. The summed E-state index contributed by atoms with van der Waals surface area (Å²) in [5.41, 5.74) is 1.11. The van der Waals surface area contributed by atoms with Crippen molar-refractivity contribution in [3.63, 3.8) is 0 Å². The average molecular weight is 276 g/mol. The minimum atomic E-state index is -0.243. The number of rotatable bonds is 6. The maximum Gasteiger partial charge on any atom is 0.251 e. The van der Waals surface area contributed by atoms with Crippen LogP contribution in [0.25, 0.3) is 0 Å². The lowest BCUT2D eigenvalue weighted by atomic mass is 10.1. The van der Waals surface area contributed by atoms with Crippen molar-refractivity contribution in [2.45, 2.75) is 32.2 Å². The molecule has 3 N–H and O–H groups in total.